The van der Waals surface area contributed by atoms with Gasteiger partial charge in [-0.3, -0.25) is 0 Å². The first kappa shape index (κ1) is 23.6. The lowest BCUT2D eigenvalue weighted by molar-refractivity contribution is -0.139. The summed E-state index contributed by atoms with van der Waals surface area (Å²) in [5, 5.41) is 3.51. The summed E-state index contributed by atoms with van der Waals surface area (Å²) < 4.78 is 83.9. The highest BCUT2D eigenvalue weighted by molar-refractivity contribution is 6.05. The van der Waals surface area contributed by atoms with Crippen LogP contribution in [-0.4, -0.2) is 27.6 Å². The third-order valence-corrected chi connectivity index (χ3v) is 6.52. The largest absolute Gasteiger partial charge is 0.435 e. The van der Waals surface area contributed by atoms with Crippen LogP contribution in [0.1, 0.15) is 30.5 Å². The Balaban J connectivity index is 1.78. The molecule has 35 heavy (non-hydrogen) atoms. The fourth-order valence-electron chi connectivity index (χ4n) is 4.77. The highest BCUT2D eigenvalue weighted by Crippen LogP contribution is 2.40. The van der Waals surface area contributed by atoms with Gasteiger partial charge in [0, 0.05) is 17.5 Å². The van der Waals surface area contributed by atoms with E-state index in [1.807, 2.05) is 0 Å². The molecule has 0 aliphatic carbocycles. The van der Waals surface area contributed by atoms with Crippen LogP contribution in [0.4, 0.5) is 26.3 Å². The fraction of sp³-hybridized carbons (Fsp3) is 0.360. The van der Waals surface area contributed by atoms with Crippen LogP contribution in [0.2, 0.25) is 0 Å². The number of hydrogen-bond acceptors (Lipinski definition) is 3. The number of halogens is 6. The minimum atomic E-state index is -4.89. The number of hydrogen-bond donors (Lipinski definition) is 1. The monoisotopic (exact) mass is 492 g/mol. The number of imidazole rings is 1. The molecule has 1 fully saturated rings. The van der Waals surface area contributed by atoms with Crippen LogP contribution < -0.4 is 5.32 Å². The normalized spacial score (nSPS) is 15.8. The van der Waals surface area contributed by atoms with Crippen LogP contribution in [-0.2, 0) is 18.9 Å². The van der Waals surface area contributed by atoms with Crippen molar-refractivity contribution in [3.63, 3.8) is 0 Å². The number of nitrogens with zero attached hydrogens (tertiary/aromatic N) is 3. The number of alkyl halides is 6. The van der Waals surface area contributed by atoms with Gasteiger partial charge in [-0.15, -0.1) is 0 Å². The van der Waals surface area contributed by atoms with E-state index < -0.39 is 23.6 Å². The fourth-order valence-corrected chi connectivity index (χ4v) is 4.77. The van der Waals surface area contributed by atoms with Gasteiger partial charge in [0.2, 0.25) is 0 Å². The van der Waals surface area contributed by atoms with Gasteiger partial charge in [-0.2, -0.15) is 26.3 Å². The summed E-state index contributed by atoms with van der Waals surface area (Å²) in [6, 6.07) is 11.6. The molecular weight excluding hydrogens is 470 g/mol. The van der Waals surface area contributed by atoms with Crippen LogP contribution in [0.25, 0.3) is 33.3 Å². The van der Waals surface area contributed by atoms with E-state index >= 15 is 0 Å². The van der Waals surface area contributed by atoms with Crippen LogP contribution in [0, 0.1) is 5.92 Å². The van der Waals surface area contributed by atoms with Gasteiger partial charge in [0.25, 0.3) is 0 Å². The van der Waals surface area contributed by atoms with Crippen molar-refractivity contribution in [1.29, 1.82) is 0 Å². The van der Waals surface area contributed by atoms with Crippen LogP contribution in [0.5, 0.6) is 0 Å². The Morgan fingerprint density at radius 1 is 0.886 bits per heavy atom. The van der Waals surface area contributed by atoms with E-state index in [1.54, 1.807) is 34.9 Å². The van der Waals surface area contributed by atoms with Crippen molar-refractivity contribution in [2.24, 2.45) is 5.92 Å². The number of nitrogens with one attached hydrogen (secondary N) is 1. The van der Waals surface area contributed by atoms with E-state index in [1.165, 1.54) is 6.07 Å². The maximum absolute atomic E-state index is 14.1. The van der Waals surface area contributed by atoms with Crippen molar-refractivity contribution >= 4 is 21.9 Å². The molecule has 5 rings (SSSR count). The molecule has 2 aromatic heterocycles. The molecule has 1 N–H and O–H groups in total. The molecule has 0 radical (unpaired) electrons. The molecule has 10 heteroatoms. The molecule has 0 atom stereocenters. The second-order valence-electron chi connectivity index (χ2n) is 8.82. The van der Waals surface area contributed by atoms with Gasteiger partial charge in [0.1, 0.15) is 11.3 Å². The van der Waals surface area contributed by atoms with Crippen molar-refractivity contribution in [3.05, 3.63) is 59.8 Å². The van der Waals surface area contributed by atoms with E-state index in [-0.39, 0.29) is 21.9 Å². The standard InChI is InChI=1S/C25H22F6N4/c26-24(27,28)17-6-7-18-19(14-17)33-22(25(29,30)31)20-21(18)35(13-10-15-8-11-32-12-9-15)23(34-20)16-4-2-1-3-5-16/h1-7,14-15,32H,8-13H2. The lowest BCUT2D eigenvalue weighted by atomic mass is 9.94. The molecule has 4 aromatic rings. The molecule has 3 heterocycles. The summed E-state index contributed by atoms with van der Waals surface area (Å²) in [5.74, 6) is 0.735. The molecule has 0 spiro atoms. The lowest BCUT2D eigenvalue weighted by Crippen LogP contribution is -2.28. The molecule has 0 bridgehead atoms. The first-order valence-electron chi connectivity index (χ1n) is 11.4. The third kappa shape index (κ3) is 4.59. The Kier molecular flexibility index (Phi) is 5.94. The van der Waals surface area contributed by atoms with Crippen molar-refractivity contribution in [1.82, 2.24) is 19.9 Å². The van der Waals surface area contributed by atoms with E-state index in [0.717, 1.165) is 38.4 Å². The van der Waals surface area contributed by atoms with E-state index in [2.05, 4.69) is 15.3 Å². The summed E-state index contributed by atoms with van der Waals surface area (Å²) in [6.07, 6.45) is -6.95. The zero-order valence-corrected chi connectivity index (χ0v) is 18.5. The molecule has 1 aliphatic rings. The van der Waals surface area contributed by atoms with E-state index in [9.17, 15) is 26.3 Å². The highest BCUT2D eigenvalue weighted by atomic mass is 19.4. The summed E-state index contributed by atoms with van der Waals surface area (Å²) in [7, 11) is 0. The zero-order valence-electron chi connectivity index (χ0n) is 18.5. The zero-order chi connectivity index (χ0) is 24.8. The van der Waals surface area contributed by atoms with Crippen molar-refractivity contribution in [3.8, 4) is 11.4 Å². The minimum Gasteiger partial charge on any atom is -0.323 e. The van der Waals surface area contributed by atoms with Crippen LogP contribution >= 0.6 is 0 Å². The lowest BCUT2D eigenvalue weighted by Gasteiger charge is -2.23. The molecule has 0 unspecified atom stereocenters. The predicted molar refractivity (Wildman–Crippen MR) is 121 cm³/mol. The van der Waals surface area contributed by atoms with Gasteiger partial charge >= 0.3 is 12.4 Å². The van der Waals surface area contributed by atoms with Crippen molar-refractivity contribution in [2.75, 3.05) is 13.1 Å². The second kappa shape index (κ2) is 8.82. The topological polar surface area (TPSA) is 42.7 Å². The molecule has 0 saturated carbocycles. The number of benzene rings is 2. The quantitative estimate of drug-likeness (QED) is 0.323. The first-order chi connectivity index (χ1) is 16.6. The number of aromatic nitrogens is 3. The number of rotatable bonds is 4. The molecule has 4 nitrogen and oxygen atoms in total. The Morgan fingerprint density at radius 2 is 1.60 bits per heavy atom. The third-order valence-electron chi connectivity index (χ3n) is 6.52. The van der Waals surface area contributed by atoms with Gasteiger partial charge in [-0.05, 0) is 50.4 Å². The number of aryl methyl sites for hydroxylation is 1. The SMILES string of the molecule is FC(F)(F)c1ccc2c(c1)nc(C(F)(F)F)c1nc(-c3ccccc3)n(CCC3CCNCC3)c12. The summed E-state index contributed by atoms with van der Waals surface area (Å²) in [5.41, 5.74) is -2.26. The number of piperidine rings is 1. The molecule has 0 amide bonds. The molecule has 1 aliphatic heterocycles. The maximum atomic E-state index is 14.1. The molecule has 2 aromatic carbocycles. The van der Waals surface area contributed by atoms with E-state index in [0.29, 0.717) is 29.9 Å². The van der Waals surface area contributed by atoms with Gasteiger partial charge in [-0.1, -0.05) is 36.4 Å². The Hall–Kier alpha value is -3.14. The van der Waals surface area contributed by atoms with Gasteiger partial charge in [-0.25, -0.2) is 9.97 Å². The minimum absolute atomic E-state index is 0.156. The van der Waals surface area contributed by atoms with Gasteiger partial charge < -0.3 is 9.88 Å². The average Bonchev–Trinajstić information content (AvgIpc) is 3.21. The van der Waals surface area contributed by atoms with Crippen LogP contribution in [0.15, 0.2) is 48.5 Å². The summed E-state index contributed by atoms with van der Waals surface area (Å²) in [6.45, 7) is 2.15. The summed E-state index contributed by atoms with van der Waals surface area (Å²) >= 11 is 0. The van der Waals surface area contributed by atoms with Crippen LogP contribution in [0.3, 0.4) is 0 Å². The molecular formula is C25H22F6N4. The Labute approximate surface area is 197 Å². The summed E-state index contributed by atoms with van der Waals surface area (Å²) in [4.78, 5) is 8.02. The van der Waals surface area contributed by atoms with E-state index in [4.69, 9.17) is 0 Å². The molecule has 184 valence electrons. The maximum Gasteiger partial charge on any atom is 0.435 e. The predicted octanol–water partition coefficient (Wildman–Crippen LogP) is 6.68. The van der Waals surface area contributed by atoms with Crippen molar-refractivity contribution in [2.45, 2.75) is 38.2 Å². The first-order valence-corrected chi connectivity index (χ1v) is 11.4. The second-order valence-corrected chi connectivity index (χ2v) is 8.82. The van der Waals surface area contributed by atoms with Gasteiger partial charge in [0.05, 0.1) is 16.6 Å². The highest BCUT2D eigenvalue weighted by Gasteiger charge is 2.38. The number of fused-ring (bicyclic) bond motifs is 3. The smallest absolute Gasteiger partial charge is 0.323 e. The Morgan fingerprint density at radius 3 is 2.26 bits per heavy atom. The van der Waals surface area contributed by atoms with Gasteiger partial charge in [0.15, 0.2) is 5.69 Å². The van der Waals surface area contributed by atoms with Crippen molar-refractivity contribution < 1.29 is 26.3 Å². The average molecular weight is 492 g/mol. The molecule has 1 saturated heterocycles. The number of pyridine rings is 1. The Bertz CT molecular complexity index is 1350.